The summed E-state index contributed by atoms with van der Waals surface area (Å²) in [5, 5.41) is 9.42. The van der Waals surface area contributed by atoms with Crippen molar-refractivity contribution in [1.29, 1.82) is 5.26 Å². The highest BCUT2D eigenvalue weighted by Crippen LogP contribution is 2.60. The molecular weight excluding hydrogens is 234 g/mol. The van der Waals surface area contributed by atoms with Crippen molar-refractivity contribution in [2.45, 2.75) is 20.3 Å². The third kappa shape index (κ3) is 1.23. The highest BCUT2D eigenvalue weighted by molar-refractivity contribution is 6.09. The Balaban J connectivity index is 2.45. The van der Waals surface area contributed by atoms with Gasteiger partial charge in [0.15, 0.2) is 0 Å². The quantitative estimate of drug-likeness (QED) is 0.505. The van der Waals surface area contributed by atoms with E-state index in [1.165, 1.54) is 7.11 Å². The molecule has 5 atom stereocenters. The molecule has 0 aromatic heterocycles. The lowest BCUT2D eigenvalue weighted by molar-refractivity contribution is -0.178. The number of esters is 1. The van der Waals surface area contributed by atoms with E-state index in [-0.39, 0.29) is 11.6 Å². The van der Waals surface area contributed by atoms with Crippen LogP contribution in [-0.2, 0) is 19.1 Å². The van der Waals surface area contributed by atoms with Crippen molar-refractivity contribution in [3.8, 4) is 6.07 Å². The van der Waals surface area contributed by atoms with Gasteiger partial charge in [-0.15, -0.1) is 0 Å². The van der Waals surface area contributed by atoms with Gasteiger partial charge in [-0.1, -0.05) is 6.92 Å². The van der Waals surface area contributed by atoms with Crippen LogP contribution >= 0.6 is 0 Å². The maximum absolute atomic E-state index is 12.0. The summed E-state index contributed by atoms with van der Waals surface area (Å²) >= 11 is 0. The maximum Gasteiger partial charge on any atom is 0.310 e. The number of ether oxygens (including phenoxy) is 1. The average molecular weight is 249 g/mol. The van der Waals surface area contributed by atoms with E-state index in [0.717, 1.165) is 0 Å². The molecule has 2 saturated carbocycles. The van der Waals surface area contributed by atoms with E-state index in [0.29, 0.717) is 6.42 Å². The molecule has 0 spiro atoms. The molecule has 0 aromatic carbocycles. The minimum absolute atomic E-state index is 0.209. The Kier molecular flexibility index (Phi) is 2.77. The van der Waals surface area contributed by atoms with E-state index in [1.54, 1.807) is 13.8 Å². The number of hydrogen-bond acceptors (Lipinski definition) is 5. The van der Waals surface area contributed by atoms with Crippen LogP contribution in [0.15, 0.2) is 0 Å². The Hall–Kier alpha value is -1.70. The molecule has 2 aliphatic rings. The first-order valence-corrected chi connectivity index (χ1v) is 5.98. The number of carbonyl (C=O) groups is 3. The van der Waals surface area contributed by atoms with Crippen LogP contribution in [0.5, 0.6) is 0 Å². The standard InChI is InChI=1S/C13H15NO4/c1-6-10(15)7(2)13(5-14)8(11(6)16)4-9(13)12(17)18-3/h6-9H,4H2,1-3H3/t6?,7?,8-,9+,13+/m0/s1. The summed E-state index contributed by atoms with van der Waals surface area (Å²) in [5.74, 6) is -3.38. The molecule has 0 bridgehead atoms. The first-order chi connectivity index (χ1) is 8.41. The zero-order chi connectivity index (χ0) is 13.7. The topological polar surface area (TPSA) is 84.2 Å². The normalized spacial score (nSPS) is 42.6. The predicted octanol–water partition coefficient (Wildman–Crippen LogP) is 0.729. The van der Waals surface area contributed by atoms with Gasteiger partial charge < -0.3 is 4.74 Å². The third-order valence-electron chi connectivity index (χ3n) is 4.64. The summed E-state index contributed by atoms with van der Waals surface area (Å²) in [7, 11) is 1.25. The second kappa shape index (κ2) is 3.91. The van der Waals surface area contributed by atoms with Crippen molar-refractivity contribution in [3.63, 3.8) is 0 Å². The predicted molar refractivity (Wildman–Crippen MR) is 60.0 cm³/mol. The summed E-state index contributed by atoms with van der Waals surface area (Å²) in [6, 6.07) is 2.07. The SMILES string of the molecule is COC(=O)[C@H]1C[C@H]2C(=O)C(C)C(=O)C(C)[C@@]12C#N. The molecule has 2 unspecified atom stereocenters. The van der Waals surface area contributed by atoms with Gasteiger partial charge in [-0.3, -0.25) is 14.4 Å². The van der Waals surface area contributed by atoms with Crippen LogP contribution in [0.3, 0.4) is 0 Å². The summed E-state index contributed by atoms with van der Waals surface area (Å²) in [6.45, 7) is 3.21. The Morgan fingerprint density at radius 2 is 2.00 bits per heavy atom. The number of rotatable bonds is 1. The van der Waals surface area contributed by atoms with E-state index in [2.05, 4.69) is 10.8 Å². The Labute approximate surface area is 105 Å². The van der Waals surface area contributed by atoms with Gasteiger partial charge >= 0.3 is 5.97 Å². The molecule has 0 radical (unpaired) electrons. The van der Waals surface area contributed by atoms with Gasteiger partial charge in [0.05, 0.1) is 30.4 Å². The Morgan fingerprint density at radius 3 is 2.50 bits per heavy atom. The first-order valence-electron chi connectivity index (χ1n) is 5.98. The van der Waals surface area contributed by atoms with Crippen molar-refractivity contribution < 1.29 is 19.1 Å². The first kappa shape index (κ1) is 12.7. The van der Waals surface area contributed by atoms with Gasteiger partial charge in [-0.25, -0.2) is 0 Å². The molecular formula is C13H15NO4. The smallest absolute Gasteiger partial charge is 0.310 e. The van der Waals surface area contributed by atoms with Gasteiger partial charge in [-0.2, -0.15) is 5.26 Å². The molecule has 0 amide bonds. The van der Waals surface area contributed by atoms with Crippen molar-refractivity contribution in [3.05, 3.63) is 0 Å². The molecule has 2 fully saturated rings. The fourth-order valence-corrected chi connectivity index (χ4v) is 3.40. The molecule has 2 aliphatic carbocycles. The number of methoxy groups -OCH3 is 1. The maximum atomic E-state index is 12.0. The van der Waals surface area contributed by atoms with E-state index < -0.39 is 35.1 Å². The van der Waals surface area contributed by atoms with Gasteiger partial charge in [0.25, 0.3) is 0 Å². The number of nitriles is 1. The number of carbonyl (C=O) groups excluding carboxylic acids is 3. The van der Waals surface area contributed by atoms with Crippen molar-refractivity contribution >= 4 is 17.5 Å². The van der Waals surface area contributed by atoms with E-state index in [9.17, 15) is 19.6 Å². The largest absolute Gasteiger partial charge is 0.469 e. The van der Waals surface area contributed by atoms with E-state index >= 15 is 0 Å². The molecule has 2 rings (SSSR count). The molecule has 5 heteroatoms. The lowest BCUT2D eigenvalue weighted by atomic mass is 9.43. The molecule has 0 aromatic rings. The summed E-state index contributed by atoms with van der Waals surface area (Å²) < 4.78 is 4.66. The highest BCUT2D eigenvalue weighted by Gasteiger charge is 2.69. The van der Waals surface area contributed by atoms with Gasteiger partial charge in [0.2, 0.25) is 0 Å². The second-order valence-electron chi connectivity index (χ2n) is 5.16. The molecule has 0 aliphatic heterocycles. The fourth-order valence-electron chi connectivity index (χ4n) is 3.40. The average Bonchev–Trinajstić information content (AvgIpc) is 2.34. The zero-order valence-electron chi connectivity index (χ0n) is 10.6. The van der Waals surface area contributed by atoms with E-state index in [1.807, 2.05) is 0 Å². The highest BCUT2D eigenvalue weighted by atomic mass is 16.5. The van der Waals surface area contributed by atoms with Crippen molar-refractivity contribution in [2.75, 3.05) is 7.11 Å². The van der Waals surface area contributed by atoms with Crippen LogP contribution in [0.2, 0.25) is 0 Å². The number of Topliss-reactive ketones (excluding diaryl/α,β-unsaturated/α-hetero) is 2. The summed E-state index contributed by atoms with van der Waals surface area (Å²) in [6.07, 6.45) is 0.320. The number of hydrogen-bond donors (Lipinski definition) is 0. The Bertz CT molecular complexity index is 450. The van der Waals surface area contributed by atoms with E-state index in [4.69, 9.17) is 0 Å². The van der Waals surface area contributed by atoms with Gasteiger partial charge in [0, 0.05) is 11.8 Å². The molecule has 0 heterocycles. The minimum Gasteiger partial charge on any atom is -0.469 e. The van der Waals surface area contributed by atoms with Gasteiger partial charge in [-0.05, 0) is 13.3 Å². The molecule has 0 N–H and O–H groups in total. The van der Waals surface area contributed by atoms with Crippen molar-refractivity contribution in [2.24, 2.45) is 29.1 Å². The van der Waals surface area contributed by atoms with Crippen LogP contribution in [0, 0.1) is 40.4 Å². The molecule has 18 heavy (non-hydrogen) atoms. The monoisotopic (exact) mass is 249 g/mol. The van der Waals surface area contributed by atoms with Crippen LogP contribution in [0.4, 0.5) is 0 Å². The second-order valence-corrected chi connectivity index (χ2v) is 5.16. The van der Waals surface area contributed by atoms with Gasteiger partial charge in [0.1, 0.15) is 11.6 Å². The molecule has 96 valence electrons. The number of nitrogens with zero attached hydrogens (tertiary/aromatic N) is 1. The summed E-state index contributed by atoms with van der Waals surface area (Å²) in [4.78, 5) is 35.7. The Morgan fingerprint density at radius 1 is 1.39 bits per heavy atom. The number of fused-ring (bicyclic) bond motifs is 1. The zero-order valence-corrected chi connectivity index (χ0v) is 10.6. The lowest BCUT2D eigenvalue weighted by Crippen LogP contribution is -2.65. The van der Waals surface area contributed by atoms with Crippen LogP contribution in [-0.4, -0.2) is 24.6 Å². The minimum atomic E-state index is -1.19. The van der Waals surface area contributed by atoms with Crippen molar-refractivity contribution in [1.82, 2.24) is 0 Å². The van der Waals surface area contributed by atoms with Crippen LogP contribution < -0.4 is 0 Å². The van der Waals surface area contributed by atoms with Crippen LogP contribution in [0.25, 0.3) is 0 Å². The lowest BCUT2D eigenvalue weighted by Gasteiger charge is -2.55. The molecule has 0 saturated heterocycles. The summed E-state index contributed by atoms with van der Waals surface area (Å²) in [5.41, 5.74) is -1.19. The third-order valence-corrected chi connectivity index (χ3v) is 4.64. The number of ketones is 2. The fraction of sp³-hybridized carbons (Fsp3) is 0.692. The van der Waals surface area contributed by atoms with Crippen LogP contribution in [0.1, 0.15) is 20.3 Å². The molecule has 5 nitrogen and oxygen atoms in total.